The summed E-state index contributed by atoms with van der Waals surface area (Å²) in [5.41, 5.74) is 2.38. The Kier molecular flexibility index (Phi) is 7.18. The standard InChI is InChI=1S/C26H28F3N5O/c1-17-4-5-18(10-23(17)20-12-30-16-31-13-20)25(35)32-21-7-6-19(24(11-21)26(27,28)29)14-34-9-8-22(15-34)33(2)3/h4-7,10-13,16,22H,8-9,14-15H2,1-3H3,(H,32,35)/t22-/m0/s1. The molecule has 0 radical (unpaired) electrons. The molecule has 2 aromatic carbocycles. The number of benzene rings is 2. The molecule has 1 N–H and O–H groups in total. The Balaban J connectivity index is 1.54. The summed E-state index contributed by atoms with van der Waals surface area (Å²) in [4.78, 5) is 25.1. The number of likely N-dealkylation sites (tertiary alicyclic amines) is 1. The van der Waals surface area contributed by atoms with Gasteiger partial charge in [0.25, 0.3) is 5.91 Å². The summed E-state index contributed by atoms with van der Waals surface area (Å²) in [6, 6.07) is 9.48. The Morgan fingerprint density at radius 3 is 2.54 bits per heavy atom. The number of aryl methyl sites for hydroxylation is 1. The fraction of sp³-hybridized carbons (Fsp3) is 0.346. The predicted molar refractivity (Wildman–Crippen MR) is 129 cm³/mol. The smallest absolute Gasteiger partial charge is 0.322 e. The summed E-state index contributed by atoms with van der Waals surface area (Å²) in [6.07, 6.45) is 1.11. The zero-order valence-corrected chi connectivity index (χ0v) is 19.9. The molecule has 0 bridgehead atoms. The van der Waals surface area contributed by atoms with Crippen LogP contribution < -0.4 is 5.32 Å². The highest BCUT2D eigenvalue weighted by atomic mass is 19.4. The molecule has 1 saturated heterocycles. The zero-order valence-electron chi connectivity index (χ0n) is 19.9. The number of rotatable bonds is 6. The van der Waals surface area contributed by atoms with Crippen molar-refractivity contribution in [1.29, 1.82) is 0 Å². The average molecular weight is 484 g/mol. The van der Waals surface area contributed by atoms with Crippen molar-refractivity contribution >= 4 is 11.6 Å². The number of aromatic nitrogens is 2. The molecule has 1 aromatic heterocycles. The van der Waals surface area contributed by atoms with Gasteiger partial charge in [-0.2, -0.15) is 13.2 Å². The fourth-order valence-corrected chi connectivity index (χ4v) is 4.39. The summed E-state index contributed by atoms with van der Waals surface area (Å²) >= 11 is 0. The van der Waals surface area contributed by atoms with Crippen molar-refractivity contribution in [2.75, 3.05) is 32.5 Å². The number of alkyl halides is 3. The van der Waals surface area contributed by atoms with Crippen molar-refractivity contribution in [1.82, 2.24) is 19.8 Å². The zero-order chi connectivity index (χ0) is 25.2. The number of hydrogen-bond donors (Lipinski definition) is 1. The third-order valence-corrected chi connectivity index (χ3v) is 6.42. The second-order valence-electron chi connectivity index (χ2n) is 9.12. The van der Waals surface area contributed by atoms with Gasteiger partial charge in [-0.1, -0.05) is 12.1 Å². The minimum Gasteiger partial charge on any atom is -0.322 e. The maximum Gasteiger partial charge on any atom is 0.416 e. The molecule has 3 aromatic rings. The van der Waals surface area contributed by atoms with Crippen LogP contribution in [0.4, 0.5) is 18.9 Å². The van der Waals surface area contributed by atoms with Gasteiger partial charge in [-0.15, -0.1) is 0 Å². The number of amides is 1. The van der Waals surface area contributed by atoms with Crippen LogP contribution in [-0.2, 0) is 12.7 Å². The first-order chi connectivity index (χ1) is 16.6. The van der Waals surface area contributed by atoms with Crippen LogP contribution in [0, 0.1) is 6.92 Å². The van der Waals surface area contributed by atoms with E-state index in [-0.39, 0.29) is 17.8 Å². The molecule has 0 aliphatic carbocycles. The van der Waals surface area contributed by atoms with Crippen LogP contribution in [0.5, 0.6) is 0 Å². The molecule has 0 spiro atoms. The molecule has 6 nitrogen and oxygen atoms in total. The van der Waals surface area contributed by atoms with E-state index in [1.54, 1.807) is 30.6 Å². The topological polar surface area (TPSA) is 61.4 Å². The third kappa shape index (κ3) is 5.86. The van der Waals surface area contributed by atoms with Gasteiger partial charge in [0.05, 0.1) is 5.56 Å². The van der Waals surface area contributed by atoms with Crippen molar-refractivity contribution in [3.8, 4) is 11.1 Å². The Morgan fingerprint density at radius 1 is 1.14 bits per heavy atom. The summed E-state index contributed by atoms with van der Waals surface area (Å²) in [6.45, 7) is 3.60. The van der Waals surface area contributed by atoms with E-state index in [2.05, 4.69) is 20.2 Å². The van der Waals surface area contributed by atoms with Gasteiger partial charge in [-0.3, -0.25) is 9.69 Å². The van der Waals surface area contributed by atoms with Crippen molar-refractivity contribution in [2.45, 2.75) is 32.1 Å². The lowest BCUT2D eigenvalue weighted by Gasteiger charge is -2.22. The molecule has 35 heavy (non-hydrogen) atoms. The number of nitrogens with one attached hydrogen (secondary N) is 1. The third-order valence-electron chi connectivity index (χ3n) is 6.42. The van der Waals surface area contributed by atoms with E-state index in [0.29, 0.717) is 11.6 Å². The van der Waals surface area contributed by atoms with Gasteiger partial charge in [0.15, 0.2) is 0 Å². The van der Waals surface area contributed by atoms with Gasteiger partial charge < -0.3 is 10.2 Å². The van der Waals surface area contributed by atoms with Crippen LogP contribution in [0.15, 0.2) is 55.1 Å². The van der Waals surface area contributed by atoms with Gasteiger partial charge in [0.1, 0.15) is 6.33 Å². The molecule has 4 rings (SSSR count). The summed E-state index contributed by atoms with van der Waals surface area (Å²) in [5, 5.41) is 2.62. The first kappa shape index (κ1) is 24.8. The largest absolute Gasteiger partial charge is 0.416 e. The van der Waals surface area contributed by atoms with Crippen LogP contribution in [0.25, 0.3) is 11.1 Å². The van der Waals surface area contributed by atoms with Crippen molar-refractivity contribution < 1.29 is 18.0 Å². The Hall–Kier alpha value is -3.30. The molecule has 1 amide bonds. The highest BCUT2D eigenvalue weighted by Gasteiger charge is 2.35. The number of halogens is 3. The van der Waals surface area contributed by atoms with E-state index in [1.165, 1.54) is 18.5 Å². The maximum atomic E-state index is 13.9. The van der Waals surface area contributed by atoms with Crippen LogP contribution in [0.3, 0.4) is 0 Å². The highest BCUT2D eigenvalue weighted by Crippen LogP contribution is 2.35. The van der Waals surface area contributed by atoms with E-state index < -0.39 is 17.6 Å². The first-order valence-electron chi connectivity index (χ1n) is 11.4. The Labute approximate surface area is 202 Å². The molecule has 1 fully saturated rings. The van der Waals surface area contributed by atoms with Crippen LogP contribution in [0.1, 0.15) is 33.5 Å². The summed E-state index contributed by atoms with van der Waals surface area (Å²) in [7, 11) is 3.97. The van der Waals surface area contributed by atoms with Crippen molar-refractivity contribution in [3.63, 3.8) is 0 Å². The summed E-state index contributed by atoms with van der Waals surface area (Å²) in [5.74, 6) is -0.489. The average Bonchev–Trinajstić information content (AvgIpc) is 3.29. The number of carbonyl (C=O) groups excluding carboxylic acids is 1. The van der Waals surface area contributed by atoms with Gasteiger partial charge in [-0.05, 0) is 68.4 Å². The maximum absolute atomic E-state index is 13.9. The molecule has 2 heterocycles. The van der Waals surface area contributed by atoms with Crippen LogP contribution >= 0.6 is 0 Å². The molecular formula is C26H28F3N5O. The molecule has 9 heteroatoms. The van der Waals surface area contributed by atoms with Crippen LogP contribution in [-0.4, -0.2) is 58.9 Å². The Bertz CT molecular complexity index is 1200. The van der Waals surface area contributed by atoms with E-state index in [1.807, 2.05) is 25.9 Å². The quantitative estimate of drug-likeness (QED) is 0.543. The first-order valence-corrected chi connectivity index (χ1v) is 11.4. The highest BCUT2D eigenvalue weighted by molar-refractivity contribution is 6.05. The molecule has 0 saturated carbocycles. The number of carbonyl (C=O) groups is 1. The van der Waals surface area contributed by atoms with E-state index in [9.17, 15) is 18.0 Å². The van der Waals surface area contributed by atoms with Crippen LogP contribution in [0.2, 0.25) is 0 Å². The molecule has 184 valence electrons. The number of anilines is 1. The van der Waals surface area contributed by atoms with E-state index >= 15 is 0 Å². The minimum absolute atomic E-state index is 0.101. The van der Waals surface area contributed by atoms with Gasteiger partial charge in [-0.25, -0.2) is 9.97 Å². The minimum atomic E-state index is -4.53. The second-order valence-corrected chi connectivity index (χ2v) is 9.12. The molecule has 1 aliphatic rings. The normalized spacial score (nSPS) is 16.6. The predicted octanol–water partition coefficient (Wildman–Crippen LogP) is 4.86. The number of hydrogen-bond acceptors (Lipinski definition) is 5. The van der Waals surface area contributed by atoms with Gasteiger partial charge in [0, 0.05) is 54.9 Å². The SMILES string of the molecule is Cc1ccc(C(=O)Nc2ccc(CN3CC[C@H](N(C)C)C3)c(C(F)(F)F)c2)cc1-c1cncnc1. The van der Waals surface area contributed by atoms with Gasteiger partial charge >= 0.3 is 6.18 Å². The van der Waals surface area contributed by atoms with Crippen molar-refractivity contribution in [2.24, 2.45) is 0 Å². The lowest BCUT2D eigenvalue weighted by atomic mass is 10.00. The van der Waals surface area contributed by atoms with E-state index in [0.717, 1.165) is 42.3 Å². The lowest BCUT2D eigenvalue weighted by Crippen LogP contribution is -2.31. The van der Waals surface area contributed by atoms with E-state index in [4.69, 9.17) is 0 Å². The summed E-state index contributed by atoms with van der Waals surface area (Å²) < 4.78 is 41.7. The van der Waals surface area contributed by atoms with Crippen molar-refractivity contribution in [3.05, 3.63) is 77.4 Å². The Morgan fingerprint density at radius 2 is 1.89 bits per heavy atom. The molecular weight excluding hydrogens is 455 g/mol. The monoisotopic (exact) mass is 483 g/mol. The number of nitrogens with zero attached hydrogens (tertiary/aromatic N) is 4. The molecule has 1 atom stereocenters. The number of likely N-dealkylation sites (N-methyl/N-ethyl adjacent to an activating group) is 1. The fourth-order valence-electron chi connectivity index (χ4n) is 4.39. The molecule has 0 unspecified atom stereocenters. The lowest BCUT2D eigenvalue weighted by molar-refractivity contribution is -0.138. The van der Waals surface area contributed by atoms with Gasteiger partial charge in [0.2, 0.25) is 0 Å². The molecule has 1 aliphatic heterocycles. The second kappa shape index (κ2) is 10.1.